The number of hydrogen-bond donors (Lipinski definition) is 0. The molecule has 0 fully saturated rings. The van der Waals surface area contributed by atoms with Gasteiger partial charge >= 0.3 is 0 Å². The van der Waals surface area contributed by atoms with E-state index in [1.807, 2.05) is 68.4 Å². The summed E-state index contributed by atoms with van der Waals surface area (Å²) in [6, 6.07) is 24.1. The summed E-state index contributed by atoms with van der Waals surface area (Å²) in [6.07, 6.45) is 0. The molecule has 0 aliphatic rings. The van der Waals surface area contributed by atoms with Crippen molar-refractivity contribution in [3.05, 3.63) is 95.6 Å². The fourth-order valence-electron chi connectivity index (χ4n) is 2.34. The summed E-state index contributed by atoms with van der Waals surface area (Å²) in [5.41, 5.74) is 3.03. The van der Waals surface area contributed by atoms with Crippen molar-refractivity contribution in [3.63, 3.8) is 0 Å². The maximum absolute atomic E-state index is 13.1. The van der Waals surface area contributed by atoms with E-state index in [-0.39, 0.29) is 6.61 Å². The monoisotopic (exact) mass is 399 g/mol. The Labute approximate surface area is 164 Å². The lowest BCUT2D eigenvalue weighted by Gasteiger charge is -2.19. The minimum Gasteiger partial charge on any atom is -0.268 e. The molecule has 0 radical (unpaired) electrons. The standard InChI is InChI=1S/C21H21NO3S2/c1-17-8-12-20(13-9-17)26(23)22(25-16-19-6-4-3-5-7-19)27(24)21-14-10-18(2)11-15-21/h3-15H,16H2,1-2H3/t26-,27-/m0/s1. The summed E-state index contributed by atoms with van der Waals surface area (Å²) in [5, 5.41) is 0. The Morgan fingerprint density at radius 3 is 1.59 bits per heavy atom. The van der Waals surface area contributed by atoms with Gasteiger partial charge in [-0.15, -0.1) is 0 Å². The van der Waals surface area contributed by atoms with Crippen molar-refractivity contribution in [2.24, 2.45) is 0 Å². The lowest BCUT2D eigenvalue weighted by atomic mass is 10.2. The molecule has 0 unspecified atom stereocenters. The van der Waals surface area contributed by atoms with Crippen LogP contribution in [0.5, 0.6) is 0 Å². The molecule has 0 saturated heterocycles. The first-order valence-electron chi connectivity index (χ1n) is 8.48. The van der Waals surface area contributed by atoms with Gasteiger partial charge in [0.05, 0.1) is 16.4 Å². The molecule has 3 rings (SSSR count). The third-order valence-electron chi connectivity index (χ3n) is 3.90. The van der Waals surface area contributed by atoms with Crippen LogP contribution in [0.2, 0.25) is 0 Å². The average molecular weight is 400 g/mol. The molecule has 4 nitrogen and oxygen atoms in total. The Morgan fingerprint density at radius 2 is 1.15 bits per heavy atom. The molecule has 0 aliphatic carbocycles. The van der Waals surface area contributed by atoms with Crippen LogP contribution in [0.1, 0.15) is 16.7 Å². The number of aryl methyl sites for hydroxylation is 2. The molecule has 0 spiro atoms. The van der Waals surface area contributed by atoms with Crippen LogP contribution in [-0.4, -0.2) is 12.3 Å². The third kappa shape index (κ3) is 5.20. The predicted molar refractivity (Wildman–Crippen MR) is 108 cm³/mol. The van der Waals surface area contributed by atoms with Crippen molar-refractivity contribution in [2.45, 2.75) is 30.2 Å². The molecule has 0 aromatic heterocycles. The van der Waals surface area contributed by atoms with Gasteiger partial charge in [-0.25, -0.2) is 8.42 Å². The van der Waals surface area contributed by atoms with E-state index in [0.717, 1.165) is 20.6 Å². The highest BCUT2D eigenvalue weighted by atomic mass is 32.3. The molecule has 0 bridgehead atoms. The Kier molecular flexibility index (Phi) is 6.68. The summed E-state index contributed by atoms with van der Waals surface area (Å²) in [4.78, 5) is 6.83. The normalized spacial score (nSPS) is 13.4. The topological polar surface area (TPSA) is 46.6 Å². The van der Waals surface area contributed by atoms with Crippen molar-refractivity contribution >= 4 is 22.0 Å². The van der Waals surface area contributed by atoms with Crippen LogP contribution < -0.4 is 0 Å². The first kappa shape index (κ1) is 19.6. The molecule has 6 heteroatoms. The van der Waals surface area contributed by atoms with Gasteiger partial charge in [0, 0.05) is 0 Å². The molecule has 27 heavy (non-hydrogen) atoms. The third-order valence-corrected chi connectivity index (χ3v) is 6.81. The molecule has 3 aromatic carbocycles. The maximum atomic E-state index is 13.1. The van der Waals surface area contributed by atoms with Gasteiger partial charge in [0.2, 0.25) is 0 Å². The second kappa shape index (κ2) is 9.19. The highest BCUT2D eigenvalue weighted by Gasteiger charge is 2.25. The Bertz CT molecular complexity index is 868. The molecule has 0 heterocycles. The van der Waals surface area contributed by atoms with E-state index in [2.05, 4.69) is 0 Å². The van der Waals surface area contributed by atoms with E-state index in [4.69, 9.17) is 4.84 Å². The van der Waals surface area contributed by atoms with Crippen molar-refractivity contribution in [1.29, 1.82) is 0 Å². The second-order valence-electron chi connectivity index (χ2n) is 6.11. The lowest BCUT2D eigenvalue weighted by Crippen LogP contribution is -2.28. The van der Waals surface area contributed by atoms with Crippen LogP contribution in [0, 0.1) is 13.8 Å². The number of nitrogens with zero attached hydrogens (tertiary/aromatic N) is 1. The van der Waals surface area contributed by atoms with E-state index in [1.54, 1.807) is 24.3 Å². The summed E-state index contributed by atoms with van der Waals surface area (Å²) in [6.45, 7) is 4.09. The minimum absolute atomic E-state index is 0.177. The van der Waals surface area contributed by atoms with Crippen molar-refractivity contribution in [3.8, 4) is 0 Å². The Morgan fingerprint density at radius 1 is 0.704 bits per heavy atom. The van der Waals surface area contributed by atoms with Crippen molar-refractivity contribution in [1.82, 2.24) is 3.87 Å². The molecular formula is C21H21NO3S2. The van der Waals surface area contributed by atoms with Gasteiger partial charge in [0.1, 0.15) is 0 Å². The van der Waals surface area contributed by atoms with Gasteiger partial charge in [0.15, 0.2) is 22.0 Å². The molecule has 0 saturated carbocycles. The quantitative estimate of drug-likeness (QED) is 0.550. The van der Waals surface area contributed by atoms with E-state index < -0.39 is 22.0 Å². The van der Waals surface area contributed by atoms with Crippen molar-refractivity contribution < 1.29 is 13.3 Å². The maximum Gasteiger partial charge on any atom is 0.164 e. The largest absolute Gasteiger partial charge is 0.268 e. The van der Waals surface area contributed by atoms with E-state index in [1.165, 1.54) is 0 Å². The smallest absolute Gasteiger partial charge is 0.164 e. The van der Waals surface area contributed by atoms with E-state index in [9.17, 15) is 8.42 Å². The Balaban J connectivity index is 1.87. The summed E-state index contributed by atoms with van der Waals surface area (Å²) in [5.74, 6) is 0. The second-order valence-corrected chi connectivity index (χ2v) is 8.94. The van der Waals surface area contributed by atoms with Crippen LogP contribution in [0.25, 0.3) is 0 Å². The van der Waals surface area contributed by atoms with Gasteiger partial charge in [-0.05, 0) is 47.6 Å². The van der Waals surface area contributed by atoms with Crippen LogP contribution in [0.4, 0.5) is 0 Å². The Hall–Kier alpha value is -2.12. The van der Waals surface area contributed by atoms with Crippen LogP contribution in [-0.2, 0) is 33.4 Å². The highest BCUT2D eigenvalue weighted by Crippen LogP contribution is 2.20. The first-order valence-corrected chi connectivity index (χ1v) is 10.7. The molecule has 2 atom stereocenters. The zero-order chi connectivity index (χ0) is 19.2. The van der Waals surface area contributed by atoms with Crippen LogP contribution in [0.3, 0.4) is 0 Å². The van der Waals surface area contributed by atoms with Gasteiger partial charge in [-0.3, -0.25) is 4.84 Å². The van der Waals surface area contributed by atoms with Crippen molar-refractivity contribution in [2.75, 3.05) is 0 Å². The zero-order valence-corrected chi connectivity index (χ0v) is 16.8. The van der Waals surface area contributed by atoms with E-state index in [0.29, 0.717) is 9.79 Å². The molecule has 0 N–H and O–H groups in total. The molecule has 0 amide bonds. The number of benzene rings is 3. The average Bonchev–Trinajstić information content (AvgIpc) is 2.69. The highest BCUT2D eigenvalue weighted by molar-refractivity contribution is 7.97. The number of rotatable bonds is 7. The first-order chi connectivity index (χ1) is 13.0. The molecular weight excluding hydrogens is 378 g/mol. The molecule has 0 aliphatic heterocycles. The predicted octanol–water partition coefficient (Wildman–Crippen LogP) is 4.48. The number of hydrogen-bond acceptors (Lipinski definition) is 3. The fourth-order valence-corrected chi connectivity index (χ4v) is 4.73. The summed E-state index contributed by atoms with van der Waals surface area (Å²) in [7, 11) is -3.46. The van der Waals surface area contributed by atoms with Gasteiger partial charge in [-0.1, -0.05) is 65.7 Å². The van der Waals surface area contributed by atoms with Crippen LogP contribution in [0.15, 0.2) is 88.7 Å². The summed E-state index contributed by atoms with van der Waals surface area (Å²) < 4.78 is 27.2. The van der Waals surface area contributed by atoms with Crippen LogP contribution >= 0.6 is 0 Å². The molecule has 3 aromatic rings. The zero-order valence-electron chi connectivity index (χ0n) is 15.2. The SMILES string of the molecule is Cc1ccc([S@](=O)N(OCc2ccccc2)[S@@](=O)c2ccc(C)cc2)cc1. The van der Waals surface area contributed by atoms with E-state index >= 15 is 0 Å². The van der Waals surface area contributed by atoms with Gasteiger partial charge in [-0.2, -0.15) is 0 Å². The summed E-state index contributed by atoms with van der Waals surface area (Å²) >= 11 is 0. The molecule has 140 valence electrons. The lowest BCUT2D eigenvalue weighted by molar-refractivity contribution is -0.0199. The fraction of sp³-hybridized carbons (Fsp3) is 0.143. The van der Waals surface area contributed by atoms with Gasteiger partial charge in [0.25, 0.3) is 0 Å². The van der Waals surface area contributed by atoms with Gasteiger partial charge < -0.3 is 0 Å². The minimum atomic E-state index is -1.73.